The molecule has 0 aliphatic heterocycles. The minimum atomic E-state index is 0.208. The summed E-state index contributed by atoms with van der Waals surface area (Å²) in [6, 6.07) is 5.82. The fourth-order valence-electron chi connectivity index (χ4n) is 1.50. The number of aliphatic hydroxyl groups excluding tert-OH is 1. The van der Waals surface area contributed by atoms with E-state index in [-0.39, 0.29) is 12.6 Å². The molecular weight excluding hydrogens is 233 g/mol. The monoisotopic (exact) mass is 247 g/mol. The van der Waals surface area contributed by atoms with Gasteiger partial charge in [-0.3, -0.25) is 0 Å². The van der Waals surface area contributed by atoms with Gasteiger partial charge >= 0.3 is 0 Å². The number of rotatable bonds is 5. The van der Waals surface area contributed by atoms with Gasteiger partial charge in [0.1, 0.15) is 0 Å². The molecule has 0 spiro atoms. The second-order valence-electron chi connectivity index (χ2n) is 3.38. The molecule has 0 saturated carbocycles. The van der Waals surface area contributed by atoms with Gasteiger partial charge < -0.3 is 10.4 Å². The predicted molar refractivity (Wildman–Crippen MR) is 64.6 cm³/mol. The number of hydrogen-bond acceptors (Lipinski definition) is 2. The van der Waals surface area contributed by atoms with E-state index >= 15 is 0 Å². The molecule has 2 nitrogen and oxygen atoms in total. The lowest BCUT2D eigenvalue weighted by atomic mass is 10.0. The van der Waals surface area contributed by atoms with Gasteiger partial charge in [0.15, 0.2) is 0 Å². The molecule has 1 unspecified atom stereocenters. The van der Waals surface area contributed by atoms with Crippen molar-refractivity contribution in [3.05, 3.63) is 33.8 Å². The fourth-order valence-corrected chi connectivity index (χ4v) is 1.81. The Morgan fingerprint density at radius 2 is 2.07 bits per heavy atom. The van der Waals surface area contributed by atoms with Gasteiger partial charge in [-0.05, 0) is 37.6 Å². The highest BCUT2D eigenvalue weighted by Gasteiger charge is 2.10. The average Bonchev–Trinajstić information content (AvgIpc) is 2.24. The summed E-state index contributed by atoms with van der Waals surface area (Å²) >= 11 is 11.8. The molecule has 0 radical (unpaired) electrons. The second kappa shape index (κ2) is 6.33. The van der Waals surface area contributed by atoms with Gasteiger partial charge in [0.2, 0.25) is 0 Å². The number of hydrogen-bond donors (Lipinski definition) is 2. The minimum absolute atomic E-state index is 0.208. The largest absolute Gasteiger partial charge is 0.396 e. The van der Waals surface area contributed by atoms with Gasteiger partial charge in [-0.15, -0.1) is 0 Å². The van der Waals surface area contributed by atoms with E-state index < -0.39 is 0 Å². The molecule has 15 heavy (non-hydrogen) atoms. The quantitative estimate of drug-likeness (QED) is 0.839. The molecule has 1 aromatic carbocycles. The highest BCUT2D eigenvalue weighted by molar-refractivity contribution is 6.42. The fraction of sp³-hybridized carbons (Fsp3) is 0.455. The molecule has 84 valence electrons. The van der Waals surface area contributed by atoms with E-state index in [2.05, 4.69) is 5.32 Å². The van der Waals surface area contributed by atoms with E-state index in [0.717, 1.165) is 18.4 Å². The first-order chi connectivity index (χ1) is 7.19. The van der Waals surface area contributed by atoms with Crippen molar-refractivity contribution in [2.24, 2.45) is 0 Å². The van der Waals surface area contributed by atoms with Crippen molar-refractivity contribution in [3.8, 4) is 0 Å². The smallest absolute Gasteiger partial charge is 0.0595 e. The van der Waals surface area contributed by atoms with E-state index in [4.69, 9.17) is 28.3 Å². The molecule has 1 aromatic rings. The number of benzene rings is 1. The highest BCUT2D eigenvalue weighted by Crippen LogP contribution is 2.27. The van der Waals surface area contributed by atoms with Crippen LogP contribution in [0.2, 0.25) is 10.0 Å². The van der Waals surface area contributed by atoms with E-state index in [1.54, 1.807) is 6.07 Å². The molecule has 1 atom stereocenters. The van der Waals surface area contributed by atoms with Crippen molar-refractivity contribution in [2.45, 2.75) is 18.9 Å². The zero-order chi connectivity index (χ0) is 11.3. The van der Waals surface area contributed by atoms with Crippen LogP contribution in [0.3, 0.4) is 0 Å². The Kier molecular flexibility index (Phi) is 5.40. The van der Waals surface area contributed by atoms with E-state index in [1.165, 1.54) is 0 Å². The Hall–Kier alpha value is -0.280. The van der Waals surface area contributed by atoms with E-state index in [0.29, 0.717) is 10.0 Å². The molecule has 0 aliphatic carbocycles. The van der Waals surface area contributed by atoms with Gasteiger partial charge in [0, 0.05) is 12.6 Å². The lowest BCUT2D eigenvalue weighted by Crippen LogP contribution is -2.16. The van der Waals surface area contributed by atoms with Crippen molar-refractivity contribution in [2.75, 3.05) is 13.7 Å². The molecule has 2 N–H and O–H groups in total. The first-order valence-electron chi connectivity index (χ1n) is 4.92. The van der Waals surface area contributed by atoms with Crippen LogP contribution in [-0.4, -0.2) is 18.8 Å². The normalized spacial score (nSPS) is 12.8. The summed E-state index contributed by atoms with van der Waals surface area (Å²) in [5, 5.41) is 13.1. The summed E-state index contributed by atoms with van der Waals surface area (Å²) in [4.78, 5) is 0. The van der Waals surface area contributed by atoms with Crippen LogP contribution in [0.4, 0.5) is 0 Å². The maximum Gasteiger partial charge on any atom is 0.0595 e. The van der Waals surface area contributed by atoms with Crippen LogP contribution in [0.5, 0.6) is 0 Å². The SMILES string of the molecule is CNC(CCCO)c1ccc(Cl)c(Cl)c1. The summed E-state index contributed by atoms with van der Waals surface area (Å²) in [7, 11) is 1.89. The van der Waals surface area contributed by atoms with Gasteiger partial charge in [-0.1, -0.05) is 29.3 Å². The Bertz CT molecular complexity index is 317. The van der Waals surface area contributed by atoms with Crippen LogP contribution >= 0.6 is 23.2 Å². The Labute approximate surface area is 100 Å². The third-order valence-corrected chi connectivity index (χ3v) is 3.08. The topological polar surface area (TPSA) is 32.3 Å². The zero-order valence-electron chi connectivity index (χ0n) is 8.63. The molecule has 0 heterocycles. The van der Waals surface area contributed by atoms with Gasteiger partial charge in [-0.25, -0.2) is 0 Å². The Morgan fingerprint density at radius 1 is 1.33 bits per heavy atom. The average molecular weight is 248 g/mol. The lowest BCUT2D eigenvalue weighted by molar-refractivity contribution is 0.276. The summed E-state index contributed by atoms with van der Waals surface area (Å²) < 4.78 is 0. The first-order valence-corrected chi connectivity index (χ1v) is 5.67. The Balaban J connectivity index is 2.78. The van der Waals surface area contributed by atoms with Crippen molar-refractivity contribution in [3.63, 3.8) is 0 Å². The molecule has 0 aromatic heterocycles. The minimum Gasteiger partial charge on any atom is -0.396 e. The molecule has 0 fully saturated rings. The van der Waals surface area contributed by atoms with Gasteiger partial charge in [-0.2, -0.15) is 0 Å². The van der Waals surface area contributed by atoms with Crippen molar-refractivity contribution in [1.82, 2.24) is 5.32 Å². The lowest BCUT2D eigenvalue weighted by Gasteiger charge is -2.16. The van der Waals surface area contributed by atoms with E-state index in [9.17, 15) is 0 Å². The Morgan fingerprint density at radius 3 is 2.60 bits per heavy atom. The van der Waals surface area contributed by atoms with Gasteiger partial charge in [0.05, 0.1) is 10.0 Å². The number of halogens is 2. The van der Waals surface area contributed by atoms with Crippen LogP contribution in [-0.2, 0) is 0 Å². The third-order valence-electron chi connectivity index (χ3n) is 2.35. The highest BCUT2D eigenvalue weighted by atomic mass is 35.5. The van der Waals surface area contributed by atoms with Crippen molar-refractivity contribution in [1.29, 1.82) is 0 Å². The molecule has 0 bridgehead atoms. The van der Waals surface area contributed by atoms with Crippen LogP contribution in [0, 0.1) is 0 Å². The number of nitrogens with one attached hydrogen (secondary N) is 1. The van der Waals surface area contributed by atoms with Crippen molar-refractivity contribution < 1.29 is 5.11 Å². The number of aliphatic hydroxyl groups is 1. The van der Waals surface area contributed by atoms with Crippen LogP contribution < -0.4 is 5.32 Å². The van der Waals surface area contributed by atoms with Crippen molar-refractivity contribution >= 4 is 23.2 Å². The summed E-state index contributed by atoms with van der Waals surface area (Å²) in [6.45, 7) is 0.208. The first kappa shape index (κ1) is 12.8. The standard InChI is InChI=1S/C11H15Cl2NO/c1-14-11(3-2-6-15)8-4-5-9(12)10(13)7-8/h4-5,7,11,14-15H,2-3,6H2,1H3. The molecule has 1 rings (SSSR count). The van der Waals surface area contributed by atoms with Crippen LogP contribution in [0.25, 0.3) is 0 Å². The summed E-state index contributed by atoms with van der Waals surface area (Å²) in [5.74, 6) is 0. The molecular formula is C11H15Cl2NO. The molecule has 0 aliphatic rings. The van der Waals surface area contributed by atoms with Crippen LogP contribution in [0.15, 0.2) is 18.2 Å². The molecule has 0 saturated heterocycles. The maximum absolute atomic E-state index is 8.78. The predicted octanol–water partition coefficient (Wildman–Crippen LogP) is 3.03. The molecule has 0 amide bonds. The molecule has 4 heteroatoms. The second-order valence-corrected chi connectivity index (χ2v) is 4.20. The summed E-state index contributed by atoms with van der Waals surface area (Å²) in [5.41, 5.74) is 1.10. The maximum atomic E-state index is 8.78. The van der Waals surface area contributed by atoms with E-state index in [1.807, 2.05) is 19.2 Å². The summed E-state index contributed by atoms with van der Waals surface area (Å²) in [6.07, 6.45) is 1.65. The third kappa shape index (κ3) is 3.65. The zero-order valence-corrected chi connectivity index (χ0v) is 10.1. The van der Waals surface area contributed by atoms with Crippen LogP contribution in [0.1, 0.15) is 24.4 Å². The van der Waals surface area contributed by atoms with Gasteiger partial charge in [0.25, 0.3) is 0 Å².